The number of carbonyl (C=O) groups excluding carboxylic acids is 2. The fraction of sp³-hybridized carbons (Fsp3) is 0.341. The Balaban J connectivity index is 0.868. The molecule has 1 fully saturated rings. The number of carbonyl (C=O) groups is 2. The number of ether oxygens (including phenoxy) is 1. The number of amides is 2. The summed E-state index contributed by atoms with van der Waals surface area (Å²) < 4.78 is 86.8. The van der Waals surface area contributed by atoms with Gasteiger partial charge in [-0.25, -0.2) is 17.9 Å². The molecule has 2 amide bonds. The first kappa shape index (κ1) is 46.3. The van der Waals surface area contributed by atoms with E-state index in [4.69, 9.17) is 10.00 Å². The fourth-order valence-corrected chi connectivity index (χ4v) is 8.70. The zero-order valence-corrected chi connectivity index (χ0v) is 35.0. The molecule has 1 aromatic heterocycles. The highest BCUT2D eigenvalue weighted by Gasteiger charge is 2.38. The quantitative estimate of drug-likeness (QED) is 0.0692. The maximum Gasteiger partial charge on any atom is 0.417 e. The number of halogens is 4. The van der Waals surface area contributed by atoms with E-state index in [0.717, 1.165) is 32.0 Å². The van der Waals surface area contributed by atoms with Crippen LogP contribution in [0.3, 0.4) is 0 Å². The van der Waals surface area contributed by atoms with E-state index in [0.29, 0.717) is 92.6 Å². The number of alkyl halides is 3. The second kappa shape index (κ2) is 19.9. The predicted molar refractivity (Wildman–Crippen MR) is 226 cm³/mol. The van der Waals surface area contributed by atoms with E-state index in [1.165, 1.54) is 36.4 Å². The topological polar surface area (TPSA) is 198 Å². The Morgan fingerprint density at radius 3 is 2.32 bits per heavy atom. The number of benzene rings is 4. The summed E-state index contributed by atoms with van der Waals surface area (Å²) in [4.78, 5) is 42.0. The van der Waals surface area contributed by atoms with Gasteiger partial charge in [0.15, 0.2) is 15.4 Å². The number of anilines is 2. The van der Waals surface area contributed by atoms with Crippen molar-refractivity contribution in [1.82, 2.24) is 20.0 Å². The molecule has 6 rings (SSSR count). The van der Waals surface area contributed by atoms with Crippen LogP contribution in [0.1, 0.15) is 52.5 Å². The molecule has 4 N–H and O–H groups in total. The van der Waals surface area contributed by atoms with Crippen LogP contribution in [0.4, 0.5) is 28.9 Å². The number of aliphatic hydroxyl groups is 1. The number of H-pyrrole nitrogens is 1. The van der Waals surface area contributed by atoms with Crippen LogP contribution >= 0.6 is 0 Å². The largest absolute Gasteiger partial charge is 0.417 e. The number of aromatic amines is 1. The Hall–Kier alpha value is -6.20. The van der Waals surface area contributed by atoms with Crippen LogP contribution < -0.4 is 16.2 Å². The molecule has 2 heterocycles. The van der Waals surface area contributed by atoms with Gasteiger partial charge in [-0.2, -0.15) is 23.5 Å². The average Bonchev–Trinajstić information content (AvgIpc) is 3.25. The number of piperazine rings is 1. The number of nitrogens with zero attached hydrogens (tertiary/aromatic N) is 4. The first-order valence-corrected chi connectivity index (χ1v) is 21.7. The lowest BCUT2D eigenvalue weighted by atomic mass is 10.0. The molecule has 1 aliphatic rings. The second-order valence-electron chi connectivity index (χ2n) is 15.3. The van der Waals surface area contributed by atoms with Gasteiger partial charge in [0.2, 0.25) is 0 Å². The van der Waals surface area contributed by atoms with E-state index >= 15 is 0 Å². The van der Waals surface area contributed by atoms with Crippen molar-refractivity contribution in [2.45, 2.75) is 42.9 Å². The third kappa shape index (κ3) is 11.8. The summed E-state index contributed by atoms with van der Waals surface area (Å²) >= 11 is 0. The van der Waals surface area contributed by atoms with Gasteiger partial charge in [-0.05, 0) is 86.0 Å². The lowest BCUT2D eigenvalue weighted by molar-refractivity contribution is -0.137. The highest BCUT2D eigenvalue weighted by atomic mass is 32.2. The normalized spacial score (nSPS) is 14.5. The van der Waals surface area contributed by atoms with Crippen molar-refractivity contribution in [1.29, 1.82) is 5.26 Å². The molecule has 0 bridgehead atoms. The van der Waals surface area contributed by atoms with Crippen LogP contribution in [-0.4, -0.2) is 109 Å². The number of rotatable bonds is 17. The first-order valence-electron chi connectivity index (χ1n) is 20.0. The van der Waals surface area contributed by atoms with E-state index in [1.54, 1.807) is 35.2 Å². The maximum atomic E-state index is 14.9. The molecule has 332 valence electrons. The van der Waals surface area contributed by atoms with Crippen molar-refractivity contribution in [3.8, 4) is 6.07 Å². The molecule has 1 saturated heterocycles. The summed E-state index contributed by atoms with van der Waals surface area (Å²) in [5.41, 5.74) is -3.22. The molecule has 14 nitrogen and oxygen atoms in total. The highest BCUT2D eigenvalue weighted by Crippen LogP contribution is 2.34. The van der Waals surface area contributed by atoms with Crippen molar-refractivity contribution in [2.75, 3.05) is 68.9 Å². The van der Waals surface area contributed by atoms with E-state index < -0.39 is 50.2 Å². The van der Waals surface area contributed by atoms with Gasteiger partial charge in [0.05, 0.1) is 44.5 Å². The smallest absolute Gasteiger partial charge is 0.385 e. The molecule has 0 aliphatic carbocycles. The van der Waals surface area contributed by atoms with E-state index in [9.17, 15) is 45.5 Å². The summed E-state index contributed by atoms with van der Waals surface area (Å²) in [6.45, 7) is 5.37. The number of hydrogen-bond acceptors (Lipinski definition) is 11. The number of aromatic nitrogens is 2. The zero-order valence-electron chi connectivity index (χ0n) is 34.2. The summed E-state index contributed by atoms with van der Waals surface area (Å²) in [5, 5.41) is 32.9. The number of nitriles is 1. The van der Waals surface area contributed by atoms with Gasteiger partial charge < -0.3 is 25.4 Å². The third-order valence-corrected chi connectivity index (χ3v) is 12.4. The van der Waals surface area contributed by atoms with Crippen LogP contribution in [0, 0.1) is 17.1 Å². The standard InChI is InChI=1S/C44H45F4N7O7S/c1-43(59,42(58)51-32-10-9-30(27-49)37(26-32)44(46,47)48)28-63(60,61)33-13-11-31(12-14-33)50-16-4-22-62-23-5-17-54-18-20-55(21-19-54)41(57)36-24-29(8-15-38(36)45)25-39-34-6-2-3-7-35(34)40(56)53-52-39/h2-3,6-15,24,26,50,59H,4-5,16-23,25,28H2,1H3,(H,51,58)(H,53,56). The van der Waals surface area contributed by atoms with Gasteiger partial charge in [-0.3, -0.25) is 19.3 Å². The van der Waals surface area contributed by atoms with Gasteiger partial charge in [0, 0.05) is 75.7 Å². The minimum absolute atomic E-state index is 0.00565. The molecule has 5 aromatic rings. The van der Waals surface area contributed by atoms with Crippen LogP contribution in [-0.2, 0) is 32.0 Å². The molecule has 19 heteroatoms. The molecule has 0 spiro atoms. The van der Waals surface area contributed by atoms with E-state index in [-0.39, 0.29) is 27.6 Å². The molecule has 63 heavy (non-hydrogen) atoms. The van der Waals surface area contributed by atoms with E-state index in [2.05, 4.69) is 25.7 Å². The van der Waals surface area contributed by atoms with Gasteiger partial charge in [-0.1, -0.05) is 24.3 Å². The minimum atomic E-state index is -4.88. The molecular formula is C44H45F4N7O7S. The molecule has 1 unspecified atom stereocenters. The molecule has 0 saturated carbocycles. The summed E-state index contributed by atoms with van der Waals surface area (Å²) in [7, 11) is -4.22. The fourth-order valence-electron chi connectivity index (χ4n) is 7.11. The van der Waals surface area contributed by atoms with Crippen molar-refractivity contribution in [3.63, 3.8) is 0 Å². The lowest BCUT2D eigenvalue weighted by Crippen LogP contribution is -2.49. The Morgan fingerprint density at radius 2 is 1.62 bits per heavy atom. The summed E-state index contributed by atoms with van der Waals surface area (Å²) in [6.07, 6.45) is -3.15. The Bertz CT molecular complexity index is 2660. The van der Waals surface area contributed by atoms with Crippen molar-refractivity contribution in [2.24, 2.45) is 0 Å². The van der Waals surface area contributed by atoms with Gasteiger partial charge >= 0.3 is 6.18 Å². The molecule has 4 aromatic carbocycles. The third-order valence-electron chi connectivity index (χ3n) is 10.5. The van der Waals surface area contributed by atoms with E-state index in [1.807, 2.05) is 6.07 Å². The number of hydrogen-bond donors (Lipinski definition) is 4. The summed E-state index contributed by atoms with van der Waals surface area (Å²) in [5.74, 6) is -3.28. The number of fused-ring (bicyclic) bond motifs is 1. The minimum Gasteiger partial charge on any atom is -0.385 e. The van der Waals surface area contributed by atoms with Crippen molar-refractivity contribution >= 4 is 43.8 Å². The molecule has 1 atom stereocenters. The van der Waals surface area contributed by atoms with Crippen LogP contribution in [0.5, 0.6) is 0 Å². The Kier molecular flexibility index (Phi) is 14.6. The van der Waals surface area contributed by atoms with Gasteiger partial charge in [0.25, 0.3) is 17.4 Å². The SMILES string of the molecule is CC(O)(CS(=O)(=O)c1ccc(NCCCOCCCN2CCN(C(=O)c3cc(Cc4n[nH]c(=O)c5ccccc45)ccc3F)CC2)cc1)C(=O)Nc1ccc(C#N)c(C(F)(F)F)c1. The summed E-state index contributed by atoms with van der Waals surface area (Å²) in [6, 6.07) is 21.1. The lowest BCUT2D eigenvalue weighted by Gasteiger charge is -2.34. The van der Waals surface area contributed by atoms with Crippen LogP contribution in [0.15, 0.2) is 94.6 Å². The highest BCUT2D eigenvalue weighted by molar-refractivity contribution is 7.91. The Labute approximate surface area is 360 Å². The monoisotopic (exact) mass is 891 g/mol. The Morgan fingerprint density at radius 1 is 0.937 bits per heavy atom. The predicted octanol–water partition coefficient (Wildman–Crippen LogP) is 5.37. The maximum absolute atomic E-state index is 14.9. The zero-order chi connectivity index (χ0) is 45.4. The molecular weight excluding hydrogens is 847 g/mol. The number of sulfone groups is 1. The molecule has 0 radical (unpaired) electrons. The first-order chi connectivity index (χ1) is 29.9. The molecule has 1 aliphatic heterocycles. The number of nitrogens with one attached hydrogen (secondary N) is 3. The van der Waals surface area contributed by atoms with Gasteiger partial charge in [0.1, 0.15) is 5.82 Å². The second-order valence-corrected chi connectivity index (χ2v) is 17.3. The van der Waals surface area contributed by atoms with Crippen LogP contribution in [0.2, 0.25) is 0 Å². The van der Waals surface area contributed by atoms with Gasteiger partial charge in [-0.15, -0.1) is 0 Å². The average molecular weight is 892 g/mol. The van der Waals surface area contributed by atoms with Crippen LogP contribution in [0.25, 0.3) is 10.8 Å². The van der Waals surface area contributed by atoms with Crippen molar-refractivity contribution in [3.05, 3.63) is 129 Å². The van der Waals surface area contributed by atoms with Crippen molar-refractivity contribution < 1.29 is 45.4 Å².